The van der Waals surface area contributed by atoms with Crippen LogP contribution in [0.15, 0.2) is 0 Å². The third-order valence-electron chi connectivity index (χ3n) is 4.02. The van der Waals surface area contributed by atoms with Crippen LogP contribution in [0.4, 0.5) is 0 Å². The number of nitrogens with zero attached hydrogens (tertiary/aromatic N) is 4. The number of hydrogen-bond donors (Lipinski definition) is 0. The molecule has 0 bridgehead atoms. The molecule has 0 aromatic heterocycles. The molecule has 0 radical (unpaired) electrons. The predicted octanol–water partition coefficient (Wildman–Crippen LogP) is 0.219. The molecule has 0 spiro atoms. The van der Waals surface area contributed by atoms with Crippen LogP contribution >= 0.6 is 0 Å². The largest absolute Gasteiger partial charge is 0.305 e. The average molecular weight is 240 g/mol. The van der Waals surface area contributed by atoms with E-state index >= 15 is 0 Å². The van der Waals surface area contributed by atoms with E-state index in [0.717, 1.165) is 0 Å². The minimum Gasteiger partial charge on any atom is -0.305 e. The van der Waals surface area contributed by atoms with E-state index in [0.29, 0.717) is 0 Å². The van der Waals surface area contributed by atoms with Gasteiger partial charge in [0.05, 0.1) is 6.67 Å². The molecule has 0 amide bonds. The average Bonchev–Trinajstić information content (AvgIpc) is 2.62. The minimum absolute atomic E-state index is 1.18. The smallest absolute Gasteiger partial charge is 0.0507 e. The second kappa shape index (κ2) is 6.69. The first-order valence-electron chi connectivity index (χ1n) is 7.06. The van der Waals surface area contributed by atoms with Gasteiger partial charge in [-0.1, -0.05) is 0 Å². The first-order chi connectivity index (χ1) is 8.24. The van der Waals surface area contributed by atoms with Crippen molar-refractivity contribution in [2.75, 3.05) is 73.1 Å². The lowest BCUT2D eigenvalue weighted by Crippen LogP contribution is -2.41. The standard InChI is InChI=1S/C13H28N4/c1-14-5-3-7-16(11-9-14)13-17-8-4-6-15(2)10-12-17/h3-13H2,1-2H3. The third-order valence-corrected chi connectivity index (χ3v) is 4.02. The molecule has 2 rings (SSSR count). The molecule has 4 heteroatoms. The van der Waals surface area contributed by atoms with E-state index in [1.54, 1.807) is 0 Å². The van der Waals surface area contributed by atoms with Gasteiger partial charge in [0.15, 0.2) is 0 Å². The highest BCUT2D eigenvalue weighted by Crippen LogP contribution is 2.06. The minimum atomic E-state index is 1.18. The van der Waals surface area contributed by atoms with Gasteiger partial charge >= 0.3 is 0 Å². The fraction of sp³-hybridized carbons (Fsp3) is 1.00. The molecule has 100 valence electrons. The molecule has 2 saturated heterocycles. The molecule has 0 atom stereocenters. The van der Waals surface area contributed by atoms with Gasteiger partial charge in [0.1, 0.15) is 0 Å². The van der Waals surface area contributed by atoms with Crippen LogP contribution in [0.2, 0.25) is 0 Å². The molecule has 2 aliphatic heterocycles. The number of hydrogen-bond acceptors (Lipinski definition) is 4. The Morgan fingerprint density at radius 3 is 1.53 bits per heavy atom. The summed E-state index contributed by atoms with van der Waals surface area (Å²) in [5.74, 6) is 0. The summed E-state index contributed by atoms with van der Waals surface area (Å²) in [4.78, 5) is 10.2. The second-order valence-corrected chi connectivity index (χ2v) is 5.69. The van der Waals surface area contributed by atoms with E-state index in [9.17, 15) is 0 Å². The van der Waals surface area contributed by atoms with Gasteiger partial charge in [0.25, 0.3) is 0 Å². The molecule has 0 aliphatic carbocycles. The summed E-state index contributed by atoms with van der Waals surface area (Å²) in [6.45, 7) is 11.2. The molecule has 4 nitrogen and oxygen atoms in total. The molecular formula is C13H28N4. The van der Waals surface area contributed by atoms with E-state index in [4.69, 9.17) is 0 Å². The van der Waals surface area contributed by atoms with E-state index in [1.807, 2.05) is 0 Å². The highest BCUT2D eigenvalue weighted by atomic mass is 15.3. The maximum absolute atomic E-state index is 2.63. The van der Waals surface area contributed by atoms with Gasteiger partial charge in [0.2, 0.25) is 0 Å². The van der Waals surface area contributed by atoms with Crippen LogP contribution in [0, 0.1) is 0 Å². The summed E-state index contributed by atoms with van der Waals surface area (Å²) >= 11 is 0. The molecule has 2 heterocycles. The summed E-state index contributed by atoms with van der Waals surface area (Å²) in [5.41, 5.74) is 0. The lowest BCUT2D eigenvalue weighted by molar-refractivity contribution is 0.138. The Hall–Kier alpha value is -0.160. The summed E-state index contributed by atoms with van der Waals surface area (Å²) in [6, 6.07) is 0. The Bertz CT molecular complexity index is 199. The van der Waals surface area contributed by atoms with Crippen LogP contribution in [0.5, 0.6) is 0 Å². The van der Waals surface area contributed by atoms with Gasteiger partial charge in [-0.15, -0.1) is 0 Å². The lowest BCUT2D eigenvalue weighted by Gasteiger charge is -2.28. The van der Waals surface area contributed by atoms with E-state index < -0.39 is 0 Å². The topological polar surface area (TPSA) is 13.0 Å². The molecule has 0 N–H and O–H groups in total. The molecule has 0 saturated carbocycles. The van der Waals surface area contributed by atoms with Gasteiger partial charge in [0, 0.05) is 39.3 Å². The molecule has 0 aromatic rings. The van der Waals surface area contributed by atoms with Crippen molar-refractivity contribution in [2.24, 2.45) is 0 Å². The van der Waals surface area contributed by atoms with Crippen LogP contribution in [0.3, 0.4) is 0 Å². The van der Waals surface area contributed by atoms with Crippen LogP contribution in [0.1, 0.15) is 12.8 Å². The molecule has 17 heavy (non-hydrogen) atoms. The van der Waals surface area contributed by atoms with Gasteiger partial charge in [-0.2, -0.15) is 0 Å². The first-order valence-corrected chi connectivity index (χ1v) is 7.06. The number of likely N-dealkylation sites (N-methyl/N-ethyl adjacent to an activating group) is 2. The molecule has 2 fully saturated rings. The SMILES string of the molecule is CN1CCCN(CN2CCCN(C)CC2)CC1. The fourth-order valence-corrected chi connectivity index (χ4v) is 2.77. The normalized spacial score (nSPS) is 27.9. The highest BCUT2D eigenvalue weighted by molar-refractivity contribution is 4.71. The molecule has 0 unspecified atom stereocenters. The summed E-state index contributed by atoms with van der Waals surface area (Å²) in [7, 11) is 4.48. The van der Waals surface area contributed by atoms with Crippen LogP contribution in [0.25, 0.3) is 0 Å². The van der Waals surface area contributed by atoms with Crippen molar-refractivity contribution in [3.8, 4) is 0 Å². The Kier molecular flexibility index (Phi) is 5.22. The Morgan fingerprint density at radius 1 is 0.588 bits per heavy atom. The highest BCUT2D eigenvalue weighted by Gasteiger charge is 2.17. The van der Waals surface area contributed by atoms with Crippen molar-refractivity contribution >= 4 is 0 Å². The van der Waals surface area contributed by atoms with Gasteiger partial charge in [-0.25, -0.2) is 0 Å². The number of rotatable bonds is 2. The summed E-state index contributed by atoms with van der Waals surface area (Å²) in [6.07, 6.45) is 2.65. The zero-order valence-electron chi connectivity index (χ0n) is 11.6. The Balaban J connectivity index is 1.75. The van der Waals surface area contributed by atoms with Crippen LogP contribution in [-0.2, 0) is 0 Å². The Morgan fingerprint density at radius 2 is 1.06 bits per heavy atom. The fourth-order valence-electron chi connectivity index (χ4n) is 2.77. The van der Waals surface area contributed by atoms with Crippen molar-refractivity contribution in [3.63, 3.8) is 0 Å². The van der Waals surface area contributed by atoms with Crippen molar-refractivity contribution < 1.29 is 0 Å². The maximum atomic E-state index is 2.63. The summed E-state index contributed by atoms with van der Waals surface area (Å²) in [5, 5.41) is 0. The molecule has 0 aromatic carbocycles. The van der Waals surface area contributed by atoms with E-state index in [-0.39, 0.29) is 0 Å². The van der Waals surface area contributed by atoms with Crippen molar-refractivity contribution in [1.82, 2.24) is 19.6 Å². The van der Waals surface area contributed by atoms with Crippen molar-refractivity contribution in [1.29, 1.82) is 0 Å². The third kappa shape index (κ3) is 4.54. The van der Waals surface area contributed by atoms with E-state index in [2.05, 4.69) is 33.7 Å². The van der Waals surface area contributed by atoms with Gasteiger partial charge in [-0.3, -0.25) is 9.80 Å². The summed E-state index contributed by atoms with van der Waals surface area (Å²) < 4.78 is 0. The molecule has 2 aliphatic rings. The zero-order valence-corrected chi connectivity index (χ0v) is 11.6. The van der Waals surface area contributed by atoms with Crippen molar-refractivity contribution in [2.45, 2.75) is 12.8 Å². The van der Waals surface area contributed by atoms with Gasteiger partial charge in [-0.05, 0) is 40.0 Å². The first kappa shape index (κ1) is 13.3. The van der Waals surface area contributed by atoms with Crippen LogP contribution in [-0.4, -0.2) is 92.7 Å². The second-order valence-electron chi connectivity index (χ2n) is 5.69. The zero-order chi connectivity index (χ0) is 12.1. The Labute approximate surface area is 106 Å². The predicted molar refractivity (Wildman–Crippen MR) is 72.2 cm³/mol. The van der Waals surface area contributed by atoms with Crippen molar-refractivity contribution in [3.05, 3.63) is 0 Å². The van der Waals surface area contributed by atoms with E-state index in [1.165, 1.54) is 71.9 Å². The molecular weight excluding hydrogens is 212 g/mol. The monoisotopic (exact) mass is 240 g/mol. The lowest BCUT2D eigenvalue weighted by atomic mass is 10.4. The van der Waals surface area contributed by atoms with Gasteiger partial charge < -0.3 is 9.80 Å². The quantitative estimate of drug-likeness (QED) is 0.684. The van der Waals surface area contributed by atoms with Crippen LogP contribution < -0.4 is 0 Å². The maximum Gasteiger partial charge on any atom is 0.0507 e.